The Labute approximate surface area is 213 Å². The smallest absolute Gasteiger partial charge is 0.252 e. The normalized spacial score (nSPS) is 14.6. The fraction of sp³-hybridized carbons (Fsp3) is 0.290. The molecule has 1 saturated heterocycles. The molecule has 184 valence electrons. The third-order valence-electron chi connectivity index (χ3n) is 7.14. The van der Waals surface area contributed by atoms with E-state index in [1.165, 1.54) is 24.0 Å². The van der Waals surface area contributed by atoms with Crippen LogP contribution < -0.4 is 10.1 Å². The van der Waals surface area contributed by atoms with Crippen molar-refractivity contribution in [2.24, 2.45) is 0 Å². The number of fused-ring (bicyclic) bond motifs is 1. The number of nitrogens with one attached hydrogen (secondary N) is 1. The molecule has 1 aromatic heterocycles. The Kier molecular flexibility index (Phi) is 7.28. The van der Waals surface area contributed by atoms with Crippen LogP contribution in [0.2, 0.25) is 0 Å². The minimum absolute atomic E-state index is 0.0767. The number of methoxy groups -OCH3 is 1. The number of hydrogen-bond donors (Lipinski definition) is 1. The second-order valence-corrected chi connectivity index (χ2v) is 9.37. The first-order valence-corrected chi connectivity index (χ1v) is 12.8. The largest absolute Gasteiger partial charge is 0.497 e. The summed E-state index contributed by atoms with van der Waals surface area (Å²) in [5, 5.41) is 4.12. The first-order valence-electron chi connectivity index (χ1n) is 12.8. The number of para-hydroxylation sites is 1. The molecule has 2 heterocycles. The van der Waals surface area contributed by atoms with Gasteiger partial charge in [-0.15, -0.1) is 0 Å². The first-order chi connectivity index (χ1) is 17.7. The molecule has 3 aromatic carbocycles. The lowest BCUT2D eigenvalue weighted by atomic mass is 10.0. The van der Waals surface area contributed by atoms with Crippen LogP contribution >= 0.6 is 0 Å². The quantitative estimate of drug-likeness (QED) is 0.335. The topological polar surface area (TPSA) is 54.5 Å². The molecule has 5 nitrogen and oxygen atoms in total. The summed E-state index contributed by atoms with van der Waals surface area (Å²) >= 11 is 0. The van der Waals surface area contributed by atoms with Crippen LogP contribution in [0.4, 0.5) is 0 Å². The lowest BCUT2D eigenvalue weighted by Crippen LogP contribution is -2.37. The summed E-state index contributed by atoms with van der Waals surface area (Å²) in [6, 6.07) is 26.5. The SMILES string of the molecule is CCc1ccc(C(CNC(=O)c2cc(-c3cccc(OC)c3)nc3ccccc23)N2CCCC2)cc1. The lowest BCUT2D eigenvalue weighted by Gasteiger charge is -2.28. The van der Waals surface area contributed by atoms with E-state index in [1.807, 2.05) is 54.6 Å². The van der Waals surface area contributed by atoms with E-state index < -0.39 is 0 Å². The molecule has 5 heteroatoms. The van der Waals surface area contributed by atoms with Crippen molar-refractivity contribution in [2.75, 3.05) is 26.7 Å². The number of amides is 1. The van der Waals surface area contributed by atoms with Crippen molar-refractivity contribution in [2.45, 2.75) is 32.2 Å². The number of rotatable bonds is 8. The molecule has 1 atom stereocenters. The third kappa shape index (κ3) is 5.12. The molecule has 1 aliphatic rings. The fourth-order valence-corrected chi connectivity index (χ4v) is 5.06. The van der Waals surface area contributed by atoms with Gasteiger partial charge in [0.15, 0.2) is 0 Å². The average molecular weight is 480 g/mol. The molecule has 0 saturated carbocycles. The summed E-state index contributed by atoms with van der Waals surface area (Å²) in [6.45, 7) is 4.87. The minimum atomic E-state index is -0.0767. The number of ether oxygens (including phenoxy) is 1. The van der Waals surface area contributed by atoms with Gasteiger partial charge in [-0.05, 0) is 67.7 Å². The molecule has 1 amide bonds. The number of benzene rings is 3. The van der Waals surface area contributed by atoms with Gasteiger partial charge < -0.3 is 10.1 Å². The molecule has 1 N–H and O–H groups in total. The third-order valence-corrected chi connectivity index (χ3v) is 7.14. The van der Waals surface area contributed by atoms with Gasteiger partial charge in [0.05, 0.1) is 29.9 Å². The highest BCUT2D eigenvalue weighted by atomic mass is 16.5. The summed E-state index contributed by atoms with van der Waals surface area (Å²) in [5.74, 6) is 0.683. The van der Waals surface area contributed by atoms with Gasteiger partial charge in [-0.25, -0.2) is 4.98 Å². The van der Waals surface area contributed by atoms with E-state index in [0.29, 0.717) is 12.1 Å². The molecule has 1 fully saturated rings. The van der Waals surface area contributed by atoms with E-state index in [0.717, 1.165) is 47.4 Å². The van der Waals surface area contributed by atoms with E-state index in [-0.39, 0.29) is 11.9 Å². The van der Waals surface area contributed by atoms with E-state index in [9.17, 15) is 4.79 Å². The van der Waals surface area contributed by atoms with Crippen molar-refractivity contribution in [3.63, 3.8) is 0 Å². The van der Waals surface area contributed by atoms with Crippen LogP contribution in [-0.4, -0.2) is 42.5 Å². The van der Waals surface area contributed by atoms with Gasteiger partial charge >= 0.3 is 0 Å². The summed E-state index contributed by atoms with van der Waals surface area (Å²) in [4.78, 5) is 21.0. The van der Waals surface area contributed by atoms with Crippen molar-refractivity contribution in [1.29, 1.82) is 0 Å². The molecule has 0 spiro atoms. The van der Waals surface area contributed by atoms with Crippen LogP contribution in [0, 0.1) is 0 Å². The van der Waals surface area contributed by atoms with Gasteiger partial charge in [0.25, 0.3) is 5.91 Å². The molecule has 0 radical (unpaired) electrons. The van der Waals surface area contributed by atoms with Crippen LogP contribution in [-0.2, 0) is 6.42 Å². The maximum Gasteiger partial charge on any atom is 0.252 e. The second-order valence-electron chi connectivity index (χ2n) is 9.37. The molecule has 1 aliphatic heterocycles. The second kappa shape index (κ2) is 10.9. The van der Waals surface area contributed by atoms with Crippen LogP contribution in [0.1, 0.15) is 47.3 Å². The van der Waals surface area contributed by atoms with Crippen molar-refractivity contribution in [1.82, 2.24) is 15.2 Å². The highest BCUT2D eigenvalue weighted by Gasteiger charge is 2.24. The van der Waals surface area contributed by atoms with Crippen LogP contribution in [0.3, 0.4) is 0 Å². The Hall–Kier alpha value is -3.70. The van der Waals surface area contributed by atoms with Gasteiger partial charge in [0.2, 0.25) is 0 Å². The maximum absolute atomic E-state index is 13.6. The maximum atomic E-state index is 13.6. The van der Waals surface area contributed by atoms with E-state index >= 15 is 0 Å². The van der Waals surface area contributed by atoms with Crippen molar-refractivity contribution in [3.8, 4) is 17.0 Å². The van der Waals surface area contributed by atoms with Gasteiger partial charge in [-0.3, -0.25) is 9.69 Å². The highest BCUT2D eigenvalue weighted by molar-refractivity contribution is 6.07. The predicted molar refractivity (Wildman–Crippen MR) is 145 cm³/mol. The standard InChI is InChI=1S/C31H33N3O2/c1-3-22-13-15-23(16-14-22)30(34-17-6-7-18-34)21-32-31(35)27-20-29(24-9-8-10-25(19-24)36-2)33-28-12-5-4-11-26(27)28/h4-5,8-16,19-20,30H,3,6-7,17-18,21H2,1-2H3,(H,32,35). The van der Waals surface area contributed by atoms with Crippen LogP contribution in [0.25, 0.3) is 22.2 Å². The number of pyridine rings is 1. The van der Waals surface area contributed by atoms with Gasteiger partial charge in [0, 0.05) is 17.5 Å². The summed E-state index contributed by atoms with van der Waals surface area (Å²) < 4.78 is 5.40. The number of likely N-dealkylation sites (tertiary alicyclic amines) is 1. The Morgan fingerprint density at radius 1 is 1.00 bits per heavy atom. The van der Waals surface area contributed by atoms with Crippen molar-refractivity contribution >= 4 is 16.8 Å². The van der Waals surface area contributed by atoms with E-state index in [1.54, 1.807) is 7.11 Å². The average Bonchev–Trinajstić information content (AvgIpc) is 3.47. The number of aromatic nitrogens is 1. The Morgan fingerprint density at radius 3 is 2.53 bits per heavy atom. The molecular weight excluding hydrogens is 446 g/mol. The highest BCUT2D eigenvalue weighted by Crippen LogP contribution is 2.28. The van der Waals surface area contributed by atoms with E-state index in [2.05, 4.69) is 41.4 Å². The summed E-state index contributed by atoms with van der Waals surface area (Å²) in [5.41, 5.74) is 5.69. The zero-order valence-corrected chi connectivity index (χ0v) is 21.0. The Morgan fingerprint density at radius 2 is 1.78 bits per heavy atom. The molecule has 0 aliphatic carbocycles. The minimum Gasteiger partial charge on any atom is -0.497 e. The first kappa shape index (κ1) is 24.0. The molecule has 1 unspecified atom stereocenters. The zero-order valence-electron chi connectivity index (χ0n) is 21.0. The number of hydrogen-bond acceptors (Lipinski definition) is 4. The molecular formula is C31H33N3O2. The fourth-order valence-electron chi connectivity index (χ4n) is 5.06. The Bertz CT molecular complexity index is 1340. The van der Waals surface area contributed by atoms with Crippen molar-refractivity contribution < 1.29 is 9.53 Å². The number of aryl methyl sites for hydroxylation is 1. The lowest BCUT2D eigenvalue weighted by molar-refractivity contribution is 0.0939. The molecule has 36 heavy (non-hydrogen) atoms. The number of carbonyl (C=O) groups excluding carboxylic acids is 1. The summed E-state index contributed by atoms with van der Waals surface area (Å²) in [7, 11) is 1.65. The monoisotopic (exact) mass is 479 g/mol. The van der Waals surface area contributed by atoms with Crippen LogP contribution in [0.5, 0.6) is 5.75 Å². The number of nitrogens with zero attached hydrogens (tertiary/aromatic N) is 2. The molecule has 4 aromatic rings. The molecule has 0 bridgehead atoms. The van der Waals surface area contributed by atoms with Crippen LogP contribution in [0.15, 0.2) is 78.9 Å². The zero-order chi connectivity index (χ0) is 24.9. The van der Waals surface area contributed by atoms with Gasteiger partial charge in [-0.1, -0.05) is 61.5 Å². The molecule has 5 rings (SSSR count). The number of carbonyl (C=O) groups is 1. The van der Waals surface area contributed by atoms with E-state index in [4.69, 9.17) is 9.72 Å². The summed E-state index contributed by atoms with van der Waals surface area (Å²) in [6.07, 6.45) is 3.43. The van der Waals surface area contributed by atoms with Gasteiger partial charge in [0.1, 0.15) is 5.75 Å². The Balaban J connectivity index is 1.44. The van der Waals surface area contributed by atoms with Gasteiger partial charge in [-0.2, -0.15) is 0 Å². The predicted octanol–water partition coefficient (Wildman–Crippen LogP) is 6.04. The van der Waals surface area contributed by atoms with Crippen molar-refractivity contribution in [3.05, 3.63) is 95.6 Å².